The van der Waals surface area contributed by atoms with Crippen molar-refractivity contribution in [3.8, 4) is 0 Å². The Bertz CT molecular complexity index is 191. The molecule has 0 radical (unpaired) electrons. The second-order valence-electron chi connectivity index (χ2n) is 3.98. The van der Waals surface area contributed by atoms with Crippen LogP contribution in [0.5, 0.6) is 0 Å². The molecule has 1 aliphatic carbocycles. The molecule has 1 aliphatic rings. The summed E-state index contributed by atoms with van der Waals surface area (Å²) in [5, 5.41) is 12.3. The highest BCUT2D eigenvalue weighted by Gasteiger charge is 2.32. The summed E-state index contributed by atoms with van der Waals surface area (Å²) in [4.78, 5) is 11.4. The first kappa shape index (κ1) is 11.9. The highest BCUT2D eigenvalue weighted by molar-refractivity contribution is 7.99. The van der Waals surface area contributed by atoms with E-state index in [0.717, 1.165) is 25.7 Å². The van der Waals surface area contributed by atoms with Crippen LogP contribution in [-0.4, -0.2) is 35.2 Å². The van der Waals surface area contributed by atoms with Crippen LogP contribution in [-0.2, 0) is 4.79 Å². The van der Waals surface area contributed by atoms with Gasteiger partial charge in [-0.2, -0.15) is 11.8 Å². The van der Waals surface area contributed by atoms with E-state index in [4.69, 9.17) is 0 Å². The minimum absolute atomic E-state index is 0.0495. The zero-order chi connectivity index (χ0) is 10.4. The normalized spacial score (nSPS) is 20.4. The van der Waals surface area contributed by atoms with Gasteiger partial charge in [0.25, 0.3) is 0 Å². The van der Waals surface area contributed by atoms with Crippen molar-refractivity contribution in [1.82, 2.24) is 5.32 Å². The lowest BCUT2D eigenvalue weighted by molar-refractivity contribution is -0.121. The fraction of sp³-hybridized carbons (Fsp3) is 0.900. The quantitative estimate of drug-likeness (QED) is 0.743. The van der Waals surface area contributed by atoms with E-state index in [9.17, 15) is 9.90 Å². The molecule has 3 nitrogen and oxygen atoms in total. The number of aliphatic hydroxyl groups is 1. The van der Waals surface area contributed by atoms with Crippen LogP contribution in [0.2, 0.25) is 0 Å². The summed E-state index contributed by atoms with van der Waals surface area (Å²) in [6, 6.07) is 0. The van der Waals surface area contributed by atoms with Gasteiger partial charge in [0.15, 0.2) is 0 Å². The molecular formula is C10H19NO2S. The lowest BCUT2D eigenvalue weighted by Crippen LogP contribution is -2.53. The summed E-state index contributed by atoms with van der Waals surface area (Å²) in [6.07, 6.45) is 7.19. The van der Waals surface area contributed by atoms with Gasteiger partial charge in [-0.05, 0) is 19.1 Å². The number of carbonyl (C=O) groups excluding carboxylic acids is 1. The number of nitrogens with one attached hydrogen (secondary N) is 1. The van der Waals surface area contributed by atoms with Crippen LogP contribution in [0.3, 0.4) is 0 Å². The standard InChI is InChI=1S/C10H19NO2S/c1-14-7-9(13)11-10(8-12)5-3-2-4-6-10/h12H,2-8H2,1H3,(H,11,13). The average Bonchev–Trinajstić information content (AvgIpc) is 2.19. The molecule has 0 unspecified atom stereocenters. The van der Waals surface area contributed by atoms with Crippen LogP contribution in [0.15, 0.2) is 0 Å². The van der Waals surface area contributed by atoms with Gasteiger partial charge in [-0.1, -0.05) is 19.3 Å². The molecule has 1 amide bonds. The minimum Gasteiger partial charge on any atom is -0.394 e. The molecule has 14 heavy (non-hydrogen) atoms. The first-order valence-corrected chi connectivity index (χ1v) is 6.53. The average molecular weight is 217 g/mol. The van der Waals surface area contributed by atoms with E-state index in [0.29, 0.717) is 5.75 Å². The van der Waals surface area contributed by atoms with Crippen LogP contribution in [0, 0.1) is 0 Å². The van der Waals surface area contributed by atoms with E-state index in [-0.39, 0.29) is 18.1 Å². The molecule has 2 N–H and O–H groups in total. The van der Waals surface area contributed by atoms with Gasteiger partial charge >= 0.3 is 0 Å². The fourth-order valence-electron chi connectivity index (χ4n) is 2.01. The molecule has 0 aromatic carbocycles. The van der Waals surface area contributed by atoms with Gasteiger partial charge in [-0.3, -0.25) is 4.79 Å². The number of hydrogen-bond acceptors (Lipinski definition) is 3. The van der Waals surface area contributed by atoms with Crippen molar-refractivity contribution in [2.75, 3.05) is 18.6 Å². The van der Waals surface area contributed by atoms with Gasteiger partial charge in [-0.15, -0.1) is 0 Å². The van der Waals surface area contributed by atoms with E-state index in [1.165, 1.54) is 18.2 Å². The third kappa shape index (κ3) is 3.17. The molecule has 1 saturated carbocycles. The van der Waals surface area contributed by atoms with Gasteiger partial charge < -0.3 is 10.4 Å². The smallest absolute Gasteiger partial charge is 0.230 e. The van der Waals surface area contributed by atoms with Crippen molar-refractivity contribution >= 4 is 17.7 Å². The molecule has 0 heterocycles. The number of carbonyl (C=O) groups is 1. The molecule has 4 heteroatoms. The number of amides is 1. The summed E-state index contributed by atoms with van der Waals surface area (Å²) in [7, 11) is 0. The number of hydrogen-bond donors (Lipinski definition) is 2. The highest BCUT2D eigenvalue weighted by atomic mass is 32.2. The van der Waals surface area contributed by atoms with Gasteiger partial charge in [0, 0.05) is 0 Å². The van der Waals surface area contributed by atoms with Crippen molar-refractivity contribution in [2.24, 2.45) is 0 Å². The lowest BCUT2D eigenvalue weighted by Gasteiger charge is -2.36. The van der Waals surface area contributed by atoms with E-state index in [1.54, 1.807) is 0 Å². The molecule has 0 spiro atoms. The first-order valence-electron chi connectivity index (χ1n) is 5.13. The third-order valence-corrected chi connectivity index (χ3v) is 3.34. The van der Waals surface area contributed by atoms with Gasteiger partial charge in [0.05, 0.1) is 17.9 Å². The SMILES string of the molecule is CSCC(=O)NC1(CO)CCCCC1. The van der Waals surface area contributed by atoms with E-state index in [1.807, 2.05) is 6.26 Å². The Kier molecular flexibility index (Phi) is 4.75. The van der Waals surface area contributed by atoms with Crippen molar-refractivity contribution in [3.63, 3.8) is 0 Å². The Balaban J connectivity index is 2.47. The number of rotatable bonds is 4. The molecular weight excluding hydrogens is 198 g/mol. The summed E-state index contributed by atoms with van der Waals surface area (Å²) < 4.78 is 0. The largest absolute Gasteiger partial charge is 0.394 e. The van der Waals surface area contributed by atoms with E-state index >= 15 is 0 Å². The molecule has 0 aromatic heterocycles. The molecule has 1 fully saturated rings. The number of aliphatic hydroxyl groups excluding tert-OH is 1. The third-order valence-electron chi connectivity index (χ3n) is 2.79. The lowest BCUT2D eigenvalue weighted by atomic mass is 9.82. The Labute approximate surface area is 89.6 Å². The van der Waals surface area contributed by atoms with E-state index in [2.05, 4.69) is 5.32 Å². The summed E-state index contributed by atoms with van der Waals surface area (Å²) in [6.45, 7) is 0.0765. The van der Waals surface area contributed by atoms with Crippen LogP contribution in [0.25, 0.3) is 0 Å². The first-order chi connectivity index (χ1) is 6.72. The number of thioether (sulfide) groups is 1. The maximum atomic E-state index is 11.4. The van der Waals surface area contributed by atoms with Crippen LogP contribution in [0.1, 0.15) is 32.1 Å². The molecule has 1 rings (SSSR count). The van der Waals surface area contributed by atoms with E-state index < -0.39 is 0 Å². The van der Waals surface area contributed by atoms with Gasteiger partial charge in [0.1, 0.15) is 0 Å². The molecule has 0 bridgehead atoms. The zero-order valence-electron chi connectivity index (χ0n) is 8.71. The predicted octanol–water partition coefficient (Wildman–Crippen LogP) is 1.16. The van der Waals surface area contributed by atoms with Crippen molar-refractivity contribution in [3.05, 3.63) is 0 Å². The second kappa shape index (κ2) is 5.61. The second-order valence-corrected chi connectivity index (χ2v) is 4.85. The van der Waals surface area contributed by atoms with Gasteiger partial charge in [0.2, 0.25) is 5.91 Å². The fourth-order valence-corrected chi connectivity index (χ4v) is 2.35. The molecule has 82 valence electrons. The molecule has 0 aromatic rings. The molecule has 0 atom stereocenters. The topological polar surface area (TPSA) is 49.3 Å². The Morgan fingerprint density at radius 3 is 2.57 bits per heavy atom. The van der Waals surface area contributed by atoms with Crippen molar-refractivity contribution in [2.45, 2.75) is 37.6 Å². The maximum absolute atomic E-state index is 11.4. The maximum Gasteiger partial charge on any atom is 0.230 e. The van der Waals surface area contributed by atoms with Crippen molar-refractivity contribution in [1.29, 1.82) is 0 Å². The Morgan fingerprint density at radius 2 is 2.07 bits per heavy atom. The minimum atomic E-state index is -0.314. The molecule has 0 aliphatic heterocycles. The highest BCUT2D eigenvalue weighted by Crippen LogP contribution is 2.27. The van der Waals surface area contributed by atoms with Crippen LogP contribution >= 0.6 is 11.8 Å². The monoisotopic (exact) mass is 217 g/mol. The Hall–Kier alpha value is -0.220. The molecule has 0 saturated heterocycles. The van der Waals surface area contributed by atoms with Gasteiger partial charge in [-0.25, -0.2) is 0 Å². The van der Waals surface area contributed by atoms with Crippen LogP contribution in [0.4, 0.5) is 0 Å². The Morgan fingerprint density at radius 1 is 1.43 bits per heavy atom. The summed E-state index contributed by atoms with van der Waals surface area (Å²) in [5.74, 6) is 0.537. The van der Waals surface area contributed by atoms with Crippen LogP contribution < -0.4 is 5.32 Å². The summed E-state index contributed by atoms with van der Waals surface area (Å²) in [5.41, 5.74) is -0.314. The predicted molar refractivity (Wildman–Crippen MR) is 59.4 cm³/mol. The zero-order valence-corrected chi connectivity index (χ0v) is 9.53. The van der Waals surface area contributed by atoms with Crippen molar-refractivity contribution < 1.29 is 9.90 Å². The summed E-state index contributed by atoms with van der Waals surface area (Å²) >= 11 is 1.51.